The molecule has 4 aliphatic rings. The summed E-state index contributed by atoms with van der Waals surface area (Å²) in [4.78, 5) is 8.12. The fourth-order valence-corrected chi connectivity index (χ4v) is 13.4. The Labute approximate surface area is 443 Å². The van der Waals surface area contributed by atoms with Crippen LogP contribution in [0.1, 0.15) is 197 Å². The van der Waals surface area contributed by atoms with Crippen molar-refractivity contribution in [3.8, 4) is 0 Å². The fraction of sp³-hybridized carbons (Fsp3) is 0.478. The van der Waals surface area contributed by atoms with Crippen LogP contribution in [0.4, 0.5) is 45.5 Å². The summed E-state index contributed by atoms with van der Waals surface area (Å²) in [7, 11) is 0. The Balaban J connectivity index is 1.28. The van der Waals surface area contributed by atoms with E-state index in [1.165, 1.54) is 114 Å². The second-order valence-corrected chi connectivity index (χ2v) is 29.8. The highest BCUT2D eigenvalue weighted by atomic mass is 15.3. The van der Waals surface area contributed by atoms with Crippen molar-refractivity contribution >= 4 is 68.6 Å². The Kier molecular flexibility index (Phi) is 11.5. The molecule has 4 heteroatoms. The van der Waals surface area contributed by atoms with E-state index in [4.69, 9.17) is 0 Å². The van der Waals surface area contributed by atoms with Crippen LogP contribution in [0.3, 0.4) is 0 Å². The molecule has 0 N–H and O–H groups in total. The third-order valence-electron chi connectivity index (χ3n) is 18.6. The molecule has 6 aromatic rings. The van der Waals surface area contributed by atoms with E-state index in [9.17, 15) is 0 Å². The second-order valence-electron chi connectivity index (χ2n) is 29.8. The van der Waals surface area contributed by atoms with E-state index in [2.05, 4.69) is 269 Å². The van der Waals surface area contributed by atoms with Crippen LogP contribution in [-0.4, -0.2) is 12.3 Å². The first-order chi connectivity index (χ1) is 33.6. The molecule has 1 aliphatic carbocycles. The Morgan fingerprint density at radius 1 is 0.438 bits per heavy atom. The summed E-state index contributed by atoms with van der Waals surface area (Å²) in [6.07, 6.45) is 3.54. The normalized spacial score (nSPS) is 20.9. The lowest BCUT2D eigenvalue weighted by atomic mass is 9.33. The van der Waals surface area contributed by atoms with Gasteiger partial charge in [0.25, 0.3) is 6.71 Å². The van der Waals surface area contributed by atoms with Crippen LogP contribution >= 0.6 is 0 Å². The molecule has 0 saturated heterocycles. The van der Waals surface area contributed by atoms with Crippen LogP contribution in [-0.2, 0) is 32.5 Å². The first-order valence-corrected chi connectivity index (χ1v) is 27.9. The zero-order chi connectivity index (χ0) is 53.1. The highest BCUT2D eigenvalue weighted by molar-refractivity contribution is 7.00. The highest BCUT2D eigenvalue weighted by Crippen LogP contribution is 2.64. The van der Waals surface area contributed by atoms with Crippen molar-refractivity contribution in [3.63, 3.8) is 0 Å². The van der Waals surface area contributed by atoms with Crippen molar-refractivity contribution in [1.82, 2.24) is 0 Å². The number of hydrogen-bond donors (Lipinski definition) is 0. The third-order valence-corrected chi connectivity index (χ3v) is 18.6. The number of aryl methyl sites for hydroxylation is 1. The lowest BCUT2D eigenvalue weighted by Crippen LogP contribution is -2.62. The van der Waals surface area contributed by atoms with E-state index >= 15 is 0 Å². The van der Waals surface area contributed by atoms with E-state index < -0.39 is 0 Å². The third kappa shape index (κ3) is 8.21. The number of nitrogens with zero attached hydrogens (tertiary/aromatic N) is 3. The molecule has 3 heterocycles. The van der Waals surface area contributed by atoms with Gasteiger partial charge in [-0.3, -0.25) is 0 Å². The summed E-state index contributed by atoms with van der Waals surface area (Å²) in [5.41, 5.74) is 24.0. The summed E-state index contributed by atoms with van der Waals surface area (Å²) < 4.78 is 0. The smallest absolute Gasteiger partial charge is 0.252 e. The summed E-state index contributed by atoms with van der Waals surface area (Å²) in [5, 5.41) is 0. The van der Waals surface area contributed by atoms with Crippen molar-refractivity contribution in [2.45, 2.75) is 203 Å². The van der Waals surface area contributed by atoms with E-state index in [0.717, 1.165) is 6.42 Å². The molecule has 0 spiro atoms. The van der Waals surface area contributed by atoms with Crippen LogP contribution in [0.25, 0.3) is 0 Å². The van der Waals surface area contributed by atoms with Gasteiger partial charge in [0.15, 0.2) is 0 Å². The van der Waals surface area contributed by atoms with Crippen molar-refractivity contribution in [2.75, 3.05) is 14.7 Å². The zero-order valence-electron chi connectivity index (χ0n) is 49.0. The SMILES string of the molecule is Cc1cc(C(C)(C)C)ccc1N1c2ccc(C(C)(C)C)cc2B2c3ccc(N4c5ccc(C(C)(C)C)cc5C5(C)CC(C(C)(C)C)CCC45C)cc3N(c3ccc(C(C)(C)C)cc3)c3cc(C(C)(C)C)cc1c32. The average Bonchev–Trinajstić information content (AvgIpc) is 3.49. The lowest BCUT2D eigenvalue weighted by molar-refractivity contribution is 0.0786. The van der Waals surface area contributed by atoms with Gasteiger partial charge in [-0.1, -0.05) is 186 Å². The van der Waals surface area contributed by atoms with Gasteiger partial charge in [0.2, 0.25) is 0 Å². The minimum atomic E-state index is -0.125. The zero-order valence-corrected chi connectivity index (χ0v) is 49.0. The molecule has 0 amide bonds. The summed E-state index contributed by atoms with van der Waals surface area (Å²) >= 11 is 0. The Bertz CT molecular complexity index is 3170. The summed E-state index contributed by atoms with van der Waals surface area (Å²) in [6, 6.07) is 44.5. The molecule has 3 aliphatic heterocycles. The fourth-order valence-electron chi connectivity index (χ4n) is 13.4. The minimum Gasteiger partial charge on any atom is -0.334 e. The van der Waals surface area contributed by atoms with Crippen LogP contribution in [0, 0.1) is 18.3 Å². The quantitative estimate of drug-likeness (QED) is 0.163. The number of fused-ring (bicyclic) bond motifs is 7. The van der Waals surface area contributed by atoms with Crippen LogP contribution in [0.2, 0.25) is 0 Å². The predicted octanol–water partition coefficient (Wildman–Crippen LogP) is 17.6. The summed E-state index contributed by atoms with van der Waals surface area (Å²) in [6.45, 7) is 50.3. The van der Waals surface area contributed by atoms with Crippen molar-refractivity contribution in [1.29, 1.82) is 0 Å². The Morgan fingerprint density at radius 3 is 1.48 bits per heavy atom. The number of hydrogen-bond acceptors (Lipinski definition) is 3. The number of benzene rings is 6. The summed E-state index contributed by atoms with van der Waals surface area (Å²) in [5.74, 6) is 0.638. The average molecular weight is 970 g/mol. The van der Waals surface area contributed by atoms with Gasteiger partial charge < -0.3 is 14.7 Å². The van der Waals surface area contributed by atoms with E-state index in [1.54, 1.807) is 0 Å². The molecule has 3 atom stereocenters. The number of anilines is 8. The number of rotatable bonds is 3. The van der Waals surface area contributed by atoms with Gasteiger partial charge in [-0.05, 0) is 181 Å². The highest BCUT2D eigenvalue weighted by Gasteiger charge is 2.60. The Hall–Kier alpha value is -5.22. The minimum absolute atomic E-state index is 0.0131. The van der Waals surface area contributed by atoms with Gasteiger partial charge in [0.1, 0.15) is 0 Å². The van der Waals surface area contributed by atoms with Crippen molar-refractivity contribution < 1.29 is 0 Å². The van der Waals surface area contributed by atoms with Gasteiger partial charge in [-0.2, -0.15) is 0 Å². The van der Waals surface area contributed by atoms with Crippen LogP contribution < -0.4 is 31.1 Å². The van der Waals surface area contributed by atoms with Gasteiger partial charge in [-0.15, -0.1) is 0 Å². The van der Waals surface area contributed by atoms with Crippen molar-refractivity contribution in [3.05, 3.63) is 148 Å². The van der Waals surface area contributed by atoms with Crippen molar-refractivity contribution in [2.24, 2.45) is 11.3 Å². The lowest BCUT2D eigenvalue weighted by Gasteiger charge is -2.54. The molecule has 1 saturated carbocycles. The molecular formula is C69H88BN3. The van der Waals surface area contributed by atoms with Gasteiger partial charge in [0, 0.05) is 50.9 Å². The molecule has 3 nitrogen and oxygen atoms in total. The molecule has 0 aromatic heterocycles. The molecule has 73 heavy (non-hydrogen) atoms. The van der Waals surface area contributed by atoms with Gasteiger partial charge >= 0.3 is 0 Å². The van der Waals surface area contributed by atoms with Gasteiger partial charge in [0.05, 0.1) is 5.54 Å². The largest absolute Gasteiger partial charge is 0.334 e. The molecule has 0 radical (unpaired) electrons. The van der Waals surface area contributed by atoms with Crippen LogP contribution in [0.15, 0.2) is 109 Å². The van der Waals surface area contributed by atoms with E-state index in [0.29, 0.717) is 5.92 Å². The molecule has 382 valence electrons. The first-order valence-electron chi connectivity index (χ1n) is 27.9. The van der Waals surface area contributed by atoms with E-state index in [1.807, 2.05) is 0 Å². The maximum absolute atomic E-state index is 2.82. The van der Waals surface area contributed by atoms with Crippen LogP contribution in [0.5, 0.6) is 0 Å². The maximum Gasteiger partial charge on any atom is 0.252 e. The standard InChI is InChI=1S/C69H88BN3/c1-43-36-45(63(5,6)7)24-31-55(43)72-57-33-26-47(65(11,12)13)38-54(57)70-53-30-29-51(73-56-32-25-46(64(8,9)10)37-52(56)68(20)42-48(66(14,15)16)34-35-69(68,73)21)41-58(53)71(50-27-22-44(23-28-50)62(2,3)4)59-39-49(67(17,18)19)40-60(72)61(59)70/h22-33,36-41,48H,34-35,42H2,1-21H3. The predicted molar refractivity (Wildman–Crippen MR) is 320 cm³/mol. The Morgan fingerprint density at radius 2 is 0.932 bits per heavy atom. The molecular weight excluding hydrogens is 882 g/mol. The van der Waals surface area contributed by atoms with Gasteiger partial charge in [-0.25, -0.2) is 0 Å². The van der Waals surface area contributed by atoms with E-state index in [-0.39, 0.29) is 50.2 Å². The topological polar surface area (TPSA) is 9.72 Å². The molecule has 1 fully saturated rings. The molecule has 10 rings (SSSR count). The first kappa shape index (κ1) is 51.3. The molecule has 6 aromatic carbocycles. The monoisotopic (exact) mass is 970 g/mol. The second kappa shape index (κ2) is 16.4. The molecule has 3 unspecified atom stereocenters. The molecule has 0 bridgehead atoms. The maximum atomic E-state index is 2.82.